The Balaban J connectivity index is 1.80. The summed E-state index contributed by atoms with van der Waals surface area (Å²) >= 11 is 0. The number of carbonyl (C=O) groups is 1. The molecule has 3 atom stereocenters. The predicted molar refractivity (Wildman–Crippen MR) is 77.7 cm³/mol. The molecule has 114 valence electrons. The number of carbonyl (C=O) groups excluding carboxylic acids is 1. The third-order valence-corrected chi connectivity index (χ3v) is 4.70. The van der Waals surface area contributed by atoms with Crippen LogP contribution in [-0.4, -0.2) is 49.3 Å². The van der Waals surface area contributed by atoms with E-state index < -0.39 is 0 Å². The maximum absolute atomic E-state index is 12.7. The van der Waals surface area contributed by atoms with Crippen LogP contribution >= 0.6 is 0 Å². The van der Waals surface area contributed by atoms with Crippen LogP contribution < -0.4 is 9.47 Å². The highest BCUT2D eigenvalue weighted by molar-refractivity contribution is 5.95. The second kappa shape index (κ2) is 5.56. The van der Waals surface area contributed by atoms with E-state index >= 15 is 0 Å². The molecule has 1 saturated heterocycles. The first-order chi connectivity index (χ1) is 10.1. The summed E-state index contributed by atoms with van der Waals surface area (Å²) in [6, 6.07) is 5.21. The molecule has 1 heterocycles. The number of rotatable bonds is 3. The highest BCUT2D eigenvalue weighted by Crippen LogP contribution is 2.38. The lowest BCUT2D eigenvalue weighted by atomic mass is 10.00. The minimum Gasteiger partial charge on any atom is -0.497 e. The number of hydrogen-bond acceptors (Lipinski definition) is 4. The SMILES string of the molecule is COc1cc(OC)cc(C(=O)N2CC3CCC(O)C3C2)c1. The first kappa shape index (κ1) is 14.2. The maximum Gasteiger partial charge on any atom is 0.254 e. The molecule has 3 rings (SSSR count). The van der Waals surface area contributed by atoms with E-state index in [0.717, 1.165) is 19.4 Å². The van der Waals surface area contributed by atoms with Gasteiger partial charge in [-0.1, -0.05) is 0 Å². The van der Waals surface area contributed by atoms with Crippen LogP contribution in [0.4, 0.5) is 0 Å². The molecule has 3 unspecified atom stereocenters. The summed E-state index contributed by atoms with van der Waals surface area (Å²) in [6.07, 6.45) is 1.62. The van der Waals surface area contributed by atoms with E-state index in [1.165, 1.54) is 0 Å². The summed E-state index contributed by atoms with van der Waals surface area (Å²) in [6.45, 7) is 1.38. The van der Waals surface area contributed by atoms with Crippen LogP contribution in [-0.2, 0) is 0 Å². The predicted octanol–water partition coefficient (Wildman–Crippen LogP) is 1.55. The second-order valence-corrected chi connectivity index (χ2v) is 5.88. The topological polar surface area (TPSA) is 59.0 Å². The number of nitrogens with zero attached hydrogens (tertiary/aromatic N) is 1. The number of ether oxygens (including phenoxy) is 2. The van der Waals surface area contributed by atoms with E-state index in [9.17, 15) is 9.90 Å². The van der Waals surface area contributed by atoms with Crippen molar-refractivity contribution in [2.45, 2.75) is 18.9 Å². The van der Waals surface area contributed by atoms with Gasteiger partial charge in [0.1, 0.15) is 11.5 Å². The maximum atomic E-state index is 12.7. The molecule has 5 nitrogen and oxygen atoms in total. The van der Waals surface area contributed by atoms with Gasteiger partial charge in [0, 0.05) is 30.6 Å². The fourth-order valence-corrected chi connectivity index (χ4v) is 3.52. The van der Waals surface area contributed by atoms with Crippen LogP contribution in [0.1, 0.15) is 23.2 Å². The molecule has 1 saturated carbocycles. The minimum atomic E-state index is -0.257. The molecule has 0 spiro atoms. The molecule has 0 radical (unpaired) electrons. The molecular formula is C16H21NO4. The molecule has 5 heteroatoms. The second-order valence-electron chi connectivity index (χ2n) is 5.88. The number of likely N-dealkylation sites (tertiary alicyclic amines) is 1. The van der Waals surface area contributed by atoms with Crippen molar-refractivity contribution in [2.24, 2.45) is 11.8 Å². The molecule has 21 heavy (non-hydrogen) atoms. The first-order valence-electron chi connectivity index (χ1n) is 7.32. The average Bonchev–Trinajstić information content (AvgIpc) is 3.08. The van der Waals surface area contributed by atoms with Gasteiger partial charge in [-0.15, -0.1) is 0 Å². The van der Waals surface area contributed by atoms with Crippen LogP contribution in [0.3, 0.4) is 0 Å². The quantitative estimate of drug-likeness (QED) is 0.918. The van der Waals surface area contributed by atoms with Crippen LogP contribution in [0.5, 0.6) is 11.5 Å². The van der Waals surface area contributed by atoms with Gasteiger partial charge in [-0.2, -0.15) is 0 Å². The monoisotopic (exact) mass is 291 g/mol. The fourth-order valence-electron chi connectivity index (χ4n) is 3.52. The van der Waals surface area contributed by atoms with Crippen molar-refractivity contribution in [3.63, 3.8) is 0 Å². The number of fused-ring (bicyclic) bond motifs is 1. The van der Waals surface area contributed by atoms with E-state index in [1.54, 1.807) is 32.4 Å². The normalized spacial score (nSPS) is 27.6. The Morgan fingerprint density at radius 1 is 1.14 bits per heavy atom. The molecule has 1 N–H and O–H groups in total. The third kappa shape index (κ3) is 2.58. The average molecular weight is 291 g/mol. The van der Waals surface area contributed by atoms with Crippen molar-refractivity contribution in [2.75, 3.05) is 27.3 Å². The molecule has 1 aliphatic carbocycles. The van der Waals surface area contributed by atoms with Crippen LogP contribution in [0.25, 0.3) is 0 Å². The Labute approximate surface area is 124 Å². The number of aliphatic hydroxyl groups excluding tert-OH is 1. The largest absolute Gasteiger partial charge is 0.497 e. The van der Waals surface area contributed by atoms with Crippen LogP contribution in [0.2, 0.25) is 0 Å². The summed E-state index contributed by atoms with van der Waals surface area (Å²) in [5.74, 6) is 1.88. The molecule has 2 aliphatic rings. The summed E-state index contributed by atoms with van der Waals surface area (Å²) in [4.78, 5) is 14.5. The Morgan fingerprint density at radius 3 is 2.38 bits per heavy atom. The fraction of sp³-hybridized carbons (Fsp3) is 0.562. The zero-order valence-corrected chi connectivity index (χ0v) is 12.4. The molecule has 0 aromatic heterocycles. The zero-order valence-electron chi connectivity index (χ0n) is 12.4. The molecule has 1 aromatic rings. The van der Waals surface area contributed by atoms with Gasteiger partial charge in [0.15, 0.2) is 0 Å². The van der Waals surface area contributed by atoms with Gasteiger partial charge < -0.3 is 19.5 Å². The number of aliphatic hydroxyl groups is 1. The standard InChI is InChI=1S/C16H21NO4/c1-20-12-5-11(6-13(7-12)21-2)16(19)17-8-10-3-4-15(18)14(10)9-17/h5-7,10,14-15,18H,3-4,8-9H2,1-2H3. The highest BCUT2D eigenvalue weighted by atomic mass is 16.5. The smallest absolute Gasteiger partial charge is 0.254 e. The summed E-state index contributed by atoms with van der Waals surface area (Å²) < 4.78 is 10.4. The number of benzene rings is 1. The van der Waals surface area contributed by atoms with Crippen molar-refractivity contribution in [3.05, 3.63) is 23.8 Å². The Bertz CT molecular complexity index is 523. The number of methoxy groups -OCH3 is 2. The van der Waals surface area contributed by atoms with Crippen LogP contribution in [0.15, 0.2) is 18.2 Å². The van der Waals surface area contributed by atoms with E-state index in [-0.39, 0.29) is 17.9 Å². The minimum absolute atomic E-state index is 0.0196. The van der Waals surface area contributed by atoms with E-state index in [1.807, 2.05) is 4.90 Å². The number of amides is 1. The lowest BCUT2D eigenvalue weighted by molar-refractivity contribution is 0.0751. The Morgan fingerprint density at radius 2 is 1.81 bits per heavy atom. The first-order valence-corrected chi connectivity index (χ1v) is 7.32. The highest BCUT2D eigenvalue weighted by Gasteiger charge is 2.43. The van der Waals surface area contributed by atoms with Crippen molar-refractivity contribution < 1.29 is 19.4 Å². The van der Waals surface area contributed by atoms with Crippen molar-refractivity contribution in [1.82, 2.24) is 4.90 Å². The van der Waals surface area contributed by atoms with Crippen molar-refractivity contribution in [1.29, 1.82) is 0 Å². The zero-order chi connectivity index (χ0) is 15.0. The molecular weight excluding hydrogens is 270 g/mol. The van der Waals surface area contributed by atoms with Gasteiger partial charge in [0.2, 0.25) is 0 Å². The lowest BCUT2D eigenvalue weighted by Gasteiger charge is -2.19. The number of hydrogen-bond donors (Lipinski definition) is 1. The Hall–Kier alpha value is -1.75. The van der Waals surface area contributed by atoms with E-state index in [0.29, 0.717) is 29.5 Å². The molecule has 0 bridgehead atoms. The van der Waals surface area contributed by atoms with Gasteiger partial charge in [-0.05, 0) is 30.9 Å². The molecule has 1 aliphatic heterocycles. The molecule has 2 fully saturated rings. The van der Waals surface area contributed by atoms with E-state index in [4.69, 9.17) is 9.47 Å². The van der Waals surface area contributed by atoms with Crippen LogP contribution in [0, 0.1) is 11.8 Å². The lowest BCUT2D eigenvalue weighted by Crippen LogP contribution is -2.31. The summed E-state index contributed by atoms with van der Waals surface area (Å²) in [5, 5.41) is 9.96. The summed E-state index contributed by atoms with van der Waals surface area (Å²) in [5.41, 5.74) is 0.570. The Kier molecular flexibility index (Phi) is 3.76. The van der Waals surface area contributed by atoms with Gasteiger partial charge in [-0.3, -0.25) is 4.79 Å². The van der Waals surface area contributed by atoms with Gasteiger partial charge >= 0.3 is 0 Å². The van der Waals surface area contributed by atoms with Crippen molar-refractivity contribution >= 4 is 5.91 Å². The van der Waals surface area contributed by atoms with Crippen molar-refractivity contribution in [3.8, 4) is 11.5 Å². The third-order valence-electron chi connectivity index (χ3n) is 4.70. The van der Waals surface area contributed by atoms with Gasteiger partial charge in [0.25, 0.3) is 5.91 Å². The van der Waals surface area contributed by atoms with Gasteiger partial charge in [0.05, 0.1) is 20.3 Å². The van der Waals surface area contributed by atoms with Gasteiger partial charge in [-0.25, -0.2) is 0 Å². The van der Waals surface area contributed by atoms with E-state index in [2.05, 4.69) is 0 Å². The molecule has 1 aromatic carbocycles. The summed E-state index contributed by atoms with van der Waals surface area (Å²) in [7, 11) is 3.14. The molecule has 1 amide bonds.